The number of hydrogen-bond acceptors (Lipinski definition) is 8. The SMILES string of the molecule is CC1CN(c2ccc(NC3=NC4(C)C(=CN3)c3cc[nH]c(=O)c3N4C3CCCC3)nc2)CC(C)N1. The maximum absolute atomic E-state index is 12.9. The van der Waals surface area contributed by atoms with Crippen molar-refractivity contribution < 1.29 is 0 Å². The normalized spacial score (nSPS) is 28.2. The summed E-state index contributed by atoms with van der Waals surface area (Å²) < 4.78 is 0. The van der Waals surface area contributed by atoms with E-state index in [0.29, 0.717) is 24.1 Å². The average Bonchev–Trinajstić information content (AvgIpc) is 3.43. The van der Waals surface area contributed by atoms with Crippen molar-refractivity contribution in [1.29, 1.82) is 0 Å². The number of nitrogens with one attached hydrogen (secondary N) is 4. The number of fused-ring (bicyclic) bond motifs is 3. The molecule has 6 rings (SSSR count). The van der Waals surface area contributed by atoms with Crippen molar-refractivity contribution in [1.82, 2.24) is 20.6 Å². The molecule has 3 aliphatic heterocycles. The Kier molecular flexibility index (Phi) is 5.32. The second-order valence-corrected chi connectivity index (χ2v) is 10.5. The summed E-state index contributed by atoms with van der Waals surface area (Å²) in [6.45, 7) is 8.48. The molecule has 0 spiro atoms. The minimum absolute atomic E-state index is 0.0514. The lowest BCUT2D eigenvalue weighted by Crippen LogP contribution is -2.54. The van der Waals surface area contributed by atoms with Gasteiger partial charge in [-0.3, -0.25) is 4.79 Å². The van der Waals surface area contributed by atoms with Gasteiger partial charge in [-0.1, -0.05) is 12.8 Å². The Balaban J connectivity index is 1.27. The van der Waals surface area contributed by atoms with E-state index in [-0.39, 0.29) is 5.56 Å². The highest BCUT2D eigenvalue weighted by molar-refractivity contribution is 6.01. The molecular weight excluding hydrogens is 440 g/mol. The van der Waals surface area contributed by atoms with Gasteiger partial charge in [-0.05, 0) is 51.8 Å². The molecule has 9 heteroatoms. The topological polar surface area (TPSA) is 101 Å². The molecule has 0 bridgehead atoms. The lowest BCUT2D eigenvalue weighted by Gasteiger charge is -2.40. The summed E-state index contributed by atoms with van der Waals surface area (Å²) in [5.74, 6) is 1.37. The third kappa shape index (κ3) is 3.78. The van der Waals surface area contributed by atoms with Crippen LogP contribution in [0.4, 0.5) is 17.2 Å². The van der Waals surface area contributed by atoms with Crippen molar-refractivity contribution in [2.45, 2.75) is 70.2 Å². The van der Waals surface area contributed by atoms with E-state index in [2.05, 4.69) is 62.6 Å². The van der Waals surface area contributed by atoms with Gasteiger partial charge in [0.05, 0.1) is 11.9 Å². The van der Waals surface area contributed by atoms with Gasteiger partial charge < -0.3 is 30.7 Å². The van der Waals surface area contributed by atoms with E-state index in [4.69, 9.17) is 4.99 Å². The summed E-state index contributed by atoms with van der Waals surface area (Å²) in [5.41, 5.74) is 3.15. The Morgan fingerprint density at radius 3 is 2.60 bits per heavy atom. The second-order valence-electron chi connectivity index (χ2n) is 10.5. The van der Waals surface area contributed by atoms with E-state index in [1.165, 1.54) is 12.8 Å². The largest absolute Gasteiger partial charge is 0.367 e. The van der Waals surface area contributed by atoms with Gasteiger partial charge in [0, 0.05) is 54.7 Å². The fourth-order valence-electron chi connectivity index (χ4n) is 6.32. The number of hydrogen-bond donors (Lipinski definition) is 4. The van der Waals surface area contributed by atoms with Crippen LogP contribution >= 0.6 is 0 Å². The molecule has 4 N–H and O–H groups in total. The van der Waals surface area contributed by atoms with Gasteiger partial charge in [0.2, 0.25) is 5.96 Å². The van der Waals surface area contributed by atoms with Gasteiger partial charge in [-0.25, -0.2) is 9.98 Å². The highest BCUT2D eigenvalue weighted by Gasteiger charge is 2.50. The summed E-state index contributed by atoms with van der Waals surface area (Å²) in [6, 6.07) is 7.30. The van der Waals surface area contributed by atoms with Crippen LogP contribution < -0.4 is 31.3 Å². The van der Waals surface area contributed by atoms with E-state index in [1.54, 1.807) is 6.20 Å². The molecule has 0 aromatic carbocycles. The van der Waals surface area contributed by atoms with Crippen LogP contribution in [0, 0.1) is 0 Å². The molecule has 2 aromatic heterocycles. The molecule has 1 saturated carbocycles. The van der Waals surface area contributed by atoms with Crippen molar-refractivity contribution >= 4 is 28.7 Å². The molecular formula is C26H34N8O. The fourth-order valence-corrected chi connectivity index (χ4v) is 6.32. The predicted molar refractivity (Wildman–Crippen MR) is 141 cm³/mol. The van der Waals surface area contributed by atoms with Crippen molar-refractivity contribution in [2.24, 2.45) is 4.99 Å². The molecule has 5 heterocycles. The molecule has 4 aliphatic rings. The van der Waals surface area contributed by atoms with Gasteiger partial charge in [-0.15, -0.1) is 0 Å². The first-order valence-corrected chi connectivity index (χ1v) is 12.7. The monoisotopic (exact) mass is 474 g/mol. The van der Waals surface area contributed by atoms with Crippen LogP contribution in [0.1, 0.15) is 52.0 Å². The summed E-state index contributed by atoms with van der Waals surface area (Å²) in [6.07, 6.45) is 10.2. The van der Waals surface area contributed by atoms with E-state index in [0.717, 1.165) is 54.3 Å². The van der Waals surface area contributed by atoms with Crippen LogP contribution in [-0.4, -0.2) is 52.8 Å². The number of guanidine groups is 1. The van der Waals surface area contributed by atoms with Crippen LogP contribution in [0.3, 0.4) is 0 Å². The molecule has 1 saturated heterocycles. The van der Waals surface area contributed by atoms with E-state index >= 15 is 0 Å². The summed E-state index contributed by atoms with van der Waals surface area (Å²) >= 11 is 0. The van der Waals surface area contributed by atoms with E-state index in [9.17, 15) is 4.79 Å². The molecule has 0 amide bonds. The van der Waals surface area contributed by atoms with Crippen LogP contribution in [0.15, 0.2) is 46.6 Å². The van der Waals surface area contributed by atoms with Crippen molar-refractivity contribution in [3.05, 3.63) is 52.7 Å². The number of piperazine rings is 1. The number of nitrogens with zero attached hydrogens (tertiary/aromatic N) is 4. The fraction of sp³-hybridized carbons (Fsp3) is 0.500. The third-order valence-electron chi connectivity index (χ3n) is 7.73. The van der Waals surface area contributed by atoms with Crippen molar-refractivity contribution in [2.75, 3.05) is 28.2 Å². The van der Waals surface area contributed by atoms with Crippen molar-refractivity contribution in [3.63, 3.8) is 0 Å². The van der Waals surface area contributed by atoms with Gasteiger partial charge in [0.1, 0.15) is 11.5 Å². The zero-order valence-electron chi connectivity index (χ0n) is 20.6. The highest BCUT2D eigenvalue weighted by atomic mass is 16.1. The Labute approximate surface area is 205 Å². The van der Waals surface area contributed by atoms with Crippen LogP contribution in [0.5, 0.6) is 0 Å². The molecule has 9 nitrogen and oxygen atoms in total. The number of rotatable bonds is 3. The first-order chi connectivity index (χ1) is 16.9. The molecule has 184 valence electrons. The Morgan fingerprint density at radius 1 is 1.11 bits per heavy atom. The van der Waals surface area contributed by atoms with E-state index in [1.807, 2.05) is 24.5 Å². The average molecular weight is 475 g/mol. The number of aliphatic imine (C=N–C) groups is 1. The van der Waals surface area contributed by atoms with Gasteiger partial charge in [-0.2, -0.15) is 0 Å². The van der Waals surface area contributed by atoms with E-state index < -0.39 is 5.66 Å². The number of pyridine rings is 2. The predicted octanol–water partition coefficient (Wildman–Crippen LogP) is 2.85. The summed E-state index contributed by atoms with van der Waals surface area (Å²) in [5, 5.41) is 10.2. The first-order valence-electron chi connectivity index (χ1n) is 12.7. The minimum atomic E-state index is -0.647. The van der Waals surface area contributed by atoms with Crippen LogP contribution in [0.25, 0.3) is 5.57 Å². The lowest BCUT2D eigenvalue weighted by atomic mass is 9.98. The molecule has 1 aliphatic carbocycles. The molecule has 35 heavy (non-hydrogen) atoms. The van der Waals surface area contributed by atoms with Crippen LogP contribution in [0.2, 0.25) is 0 Å². The zero-order chi connectivity index (χ0) is 24.2. The van der Waals surface area contributed by atoms with Gasteiger partial charge >= 0.3 is 0 Å². The molecule has 2 aromatic rings. The number of H-pyrrole nitrogens is 1. The lowest BCUT2D eigenvalue weighted by molar-refractivity contribution is 0.407. The summed E-state index contributed by atoms with van der Waals surface area (Å²) in [7, 11) is 0. The van der Waals surface area contributed by atoms with Crippen molar-refractivity contribution in [3.8, 4) is 0 Å². The number of anilines is 3. The number of aromatic nitrogens is 2. The molecule has 2 fully saturated rings. The first kappa shape index (κ1) is 22.2. The minimum Gasteiger partial charge on any atom is -0.367 e. The summed E-state index contributed by atoms with van der Waals surface area (Å²) in [4.78, 5) is 30.2. The highest BCUT2D eigenvalue weighted by Crippen LogP contribution is 2.49. The zero-order valence-corrected chi connectivity index (χ0v) is 20.6. The third-order valence-corrected chi connectivity index (χ3v) is 7.73. The molecule has 3 unspecified atom stereocenters. The molecule has 3 atom stereocenters. The Bertz CT molecular complexity index is 1220. The number of aromatic amines is 1. The maximum Gasteiger partial charge on any atom is 0.272 e. The second kappa shape index (κ2) is 8.41. The quantitative estimate of drug-likeness (QED) is 0.543. The Morgan fingerprint density at radius 2 is 1.89 bits per heavy atom. The van der Waals surface area contributed by atoms with Crippen LogP contribution in [-0.2, 0) is 0 Å². The smallest absolute Gasteiger partial charge is 0.272 e. The standard InChI is InChI=1S/C26H34N8O/c1-16-14-33(15-17(2)30-16)19-8-9-22(28-12-19)31-25-29-13-21-20-10-11-27-24(35)23(20)34(26(21,3)32-25)18-6-4-5-7-18/h8-13,16-18,30H,4-7,14-15H2,1-3H3,(H,27,35)(H2,28,29,31,32). The van der Waals surface area contributed by atoms with Gasteiger partial charge in [0.25, 0.3) is 5.56 Å². The molecule has 0 radical (unpaired) electrons. The van der Waals surface area contributed by atoms with Gasteiger partial charge in [0.15, 0.2) is 5.66 Å². The maximum atomic E-state index is 12.9. The Hall–Kier alpha value is -3.33.